The van der Waals surface area contributed by atoms with E-state index in [0.29, 0.717) is 36.7 Å². The number of benzene rings is 1. The molecule has 0 aromatic heterocycles. The van der Waals surface area contributed by atoms with E-state index in [1.165, 1.54) is 12.1 Å². The lowest BCUT2D eigenvalue weighted by molar-refractivity contribution is -0.122. The van der Waals surface area contributed by atoms with Crippen molar-refractivity contribution in [2.24, 2.45) is 5.92 Å². The van der Waals surface area contributed by atoms with E-state index >= 15 is 0 Å². The first-order chi connectivity index (χ1) is 11.5. The van der Waals surface area contributed by atoms with Crippen molar-refractivity contribution in [2.45, 2.75) is 20.4 Å². The molecule has 1 amide bonds. The van der Waals surface area contributed by atoms with Crippen LogP contribution in [0.15, 0.2) is 18.2 Å². The van der Waals surface area contributed by atoms with Gasteiger partial charge in [-0.05, 0) is 24.1 Å². The molecule has 0 atom stereocenters. The summed E-state index contributed by atoms with van der Waals surface area (Å²) >= 11 is 0. The summed E-state index contributed by atoms with van der Waals surface area (Å²) in [5.74, 6) is 0.235. The SMILES string of the molecule is CC(C)CNC(=O)CN1CCN(Cc2cc(C#N)ccc2F)CC1. The average molecular weight is 332 g/mol. The molecule has 2 rings (SSSR count). The quantitative estimate of drug-likeness (QED) is 0.859. The van der Waals surface area contributed by atoms with E-state index in [2.05, 4.69) is 29.0 Å². The van der Waals surface area contributed by atoms with E-state index < -0.39 is 0 Å². The van der Waals surface area contributed by atoms with Crippen LogP contribution in [-0.4, -0.2) is 55.0 Å². The summed E-state index contributed by atoms with van der Waals surface area (Å²) in [4.78, 5) is 16.1. The second-order valence-electron chi connectivity index (χ2n) is 6.67. The minimum atomic E-state index is -0.274. The molecule has 24 heavy (non-hydrogen) atoms. The predicted octanol–water partition coefficient (Wildman–Crippen LogP) is 1.59. The molecule has 0 aliphatic carbocycles. The van der Waals surface area contributed by atoms with Gasteiger partial charge in [0.2, 0.25) is 5.91 Å². The minimum Gasteiger partial charge on any atom is -0.355 e. The summed E-state index contributed by atoms with van der Waals surface area (Å²) < 4.78 is 13.9. The Morgan fingerprint density at radius 2 is 1.96 bits per heavy atom. The smallest absolute Gasteiger partial charge is 0.234 e. The molecule has 1 aliphatic rings. The van der Waals surface area contributed by atoms with Gasteiger partial charge in [0.1, 0.15) is 5.82 Å². The molecule has 1 aliphatic heterocycles. The highest BCUT2D eigenvalue weighted by molar-refractivity contribution is 5.78. The van der Waals surface area contributed by atoms with Gasteiger partial charge in [0.05, 0.1) is 18.2 Å². The molecule has 0 spiro atoms. The van der Waals surface area contributed by atoms with Crippen LogP contribution in [0.3, 0.4) is 0 Å². The first kappa shape index (κ1) is 18.4. The van der Waals surface area contributed by atoms with Crippen molar-refractivity contribution in [3.63, 3.8) is 0 Å². The van der Waals surface area contributed by atoms with E-state index in [-0.39, 0.29) is 11.7 Å². The third kappa shape index (κ3) is 5.59. The number of nitrogens with zero attached hydrogens (tertiary/aromatic N) is 3. The second-order valence-corrected chi connectivity index (χ2v) is 6.67. The first-order valence-corrected chi connectivity index (χ1v) is 8.38. The number of carbonyl (C=O) groups is 1. The highest BCUT2D eigenvalue weighted by atomic mass is 19.1. The Bertz CT molecular complexity index is 604. The molecule has 1 N–H and O–H groups in total. The summed E-state index contributed by atoms with van der Waals surface area (Å²) in [6, 6.07) is 6.50. The Hall–Kier alpha value is -1.97. The van der Waals surface area contributed by atoms with Crippen molar-refractivity contribution in [1.82, 2.24) is 15.1 Å². The zero-order chi connectivity index (χ0) is 17.5. The summed E-state index contributed by atoms with van der Waals surface area (Å²) in [5.41, 5.74) is 1.03. The summed E-state index contributed by atoms with van der Waals surface area (Å²) in [6.07, 6.45) is 0. The first-order valence-electron chi connectivity index (χ1n) is 8.38. The van der Waals surface area contributed by atoms with Gasteiger partial charge in [0.15, 0.2) is 0 Å². The van der Waals surface area contributed by atoms with Gasteiger partial charge in [-0.15, -0.1) is 0 Å². The van der Waals surface area contributed by atoms with Crippen LogP contribution in [0.5, 0.6) is 0 Å². The number of halogens is 1. The van der Waals surface area contributed by atoms with E-state index in [1.807, 2.05) is 6.07 Å². The molecule has 1 aromatic carbocycles. The topological polar surface area (TPSA) is 59.4 Å². The fourth-order valence-corrected chi connectivity index (χ4v) is 2.69. The predicted molar refractivity (Wildman–Crippen MR) is 90.7 cm³/mol. The van der Waals surface area contributed by atoms with Crippen molar-refractivity contribution in [3.8, 4) is 6.07 Å². The fourth-order valence-electron chi connectivity index (χ4n) is 2.69. The lowest BCUT2D eigenvalue weighted by atomic mass is 10.1. The number of nitrogens with one attached hydrogen (secondary N) is 1. The van der Waals surface area contributed by atoms with Gasteiger partial charge in [-0.25, -0.2) is 4.39 Å². The van der Waals surface area contributed by atoms with Crippen molar-refractivity contribution in [1.29, 1.82) is 5.26 Å². The number of nitriles is 1. The van der Waals surface area contributed by atoms with Crippen LogP contribution < -0.4 is 5.32 Å². The van der Waals surface area contributed by atoms with E-state index in [1.54, 1.807) is 6.07 Å². The Balaban J connectivity index is 1.79. The maximum atomic E-state index is 13.9. The number of piperazine rings is 1. The van der Waals surface area contributed by atoms with Crippen LogP contribution in [-0.2, 0) is 11.3 Å². The molecule has 6 heteroatoms. The summed E-state index contributed by atoms with van der Waals surface area (Å²) in [7, 11) is 0. The van der Waals surface area contributed by atoms with Gasteiger partial charge >= 0.3 is 0 Å². The highest BCUT2D eigenvalue weighted by Crippen LogP contribution is 2.14. The maximum absolute atomic E-state index is 13.9. The van der Waals surface area contributed by atoms with Crippen molar-refractivity contribution < 1.29 is 9.18 Å². The van der Waals surface area contributed by atoms with Gasteiger partial charge in [0.25, 0.3) is 0 Å². The Morgan fingerprint density at radius 3 is 2.58 bits per heavy atom. The number of amides is 1. The molecule has 1 saturated heterocycles. The van der Waals surface area contributed by atoms with Crippen LogP contribution >= 0.6 is 0 Å². The monoisotopic (exact) mass is 332 g/mol. The lowest BCUT2D eigenvalue weighted by Gasteiger charge is -2.34. The number of hydrogen-bond acceptors (Lipinski definition) is 4. The van der Waals surface area contributed by atoms with Gasteiger partial charge in [-0.3, -0.25) is 14.6 Å². The van der Waals surface area contributed by atoms with Crippen LogP contribution in [0, 0.1) is 23.1 Å². The number of hydrogen-bond donors (Lipinski definition) is 1. The van der Waals surface area contributed by atoms with E-state index in [4.69, 9.17) is 5.26 Å². The summed E-state index contributed by atoms with van der Waals surface area (Å²) in [6.45, 7) is 8.89. The van der Waals surface area contributed by atoms with Crippen molar-refractivity contribution in [2.75, 3.05) is 39.3 Å². The molecule has 0 bridgehead atoms. The van der Waals surface area contributed by atoms with E-state index in [0.717, 1.165) is 26.2 Å². The van der Waals surface area contributed by atoms with Crippen LogP contribution in [0.25, 0.3) is 0 Å². The van der Waals surface area contributed by atoms with Gasteiger partial charge in [-0.2, -0.15) is 5.26 Å². The largest absolute Gasteiger partial charge is 0.355 e. The highest BCUT2D eigenvalue weighted by Gasteiger charge is 2.20. The van der Waals surface area contributed by atoms with Crippen LogP contribution in [0.1, 0.15) is 25.0 Å². The van der Waals surface area contributed by atoms with Gasteiger partial charge < -0.3 is 5.32 Å². The number of rotatable bonds is 6. The molecule has 0 saturated carbocycles. The van der Waals surface area contributed by atoms with Gasteiger partial charge in [0, 0.05) is 44.8 Å². The summed E-state index contributed by atoms with van der Waals surface area (Å²) in [5, 5.41) is 11.9. The standard InChI is InChI=1S/C18H25FN4O/c1-14(2)11-21-18(24)13-23-7-5-22(6-8-23)12-16-9-15(10-20)3-4-17(16)19/h3-4,9,14H,5-8,11-13H2,1-2H3,(H,21,24). The Kier molecular flexibility index (Phi) is 6.71. The fraction of sp³-hybridized carbons (Fsp3) is 0.556. The normalized spacial score (nSPS) is 16.1. The van der Waals surface area contributed by atoms with Crippen molar-refractivity contribution in [3.05, 3.63) is 35.1 Å². The van der Waals surface area contributed by atoms with Gasteiger partial charge in [-0.1, -0.05) is 13.8 Å². The maximum Gasteiger partial charge on any atom is 0.234 e. The Morgan fingerprint density at radius 1 is 1.29 bits per heavy atom. The zero-order valence-corrected chi connectivity index (χ0v) is 14.4. The van der Waals surface area contributed by atoms with Crippen molar-refractivity contribution >= 4 is 5.91 Å². The second kappa shape index (κ2) is 8.76. The molecule has 0 unspecified atom stereocenters. The average Bonchev–Trinajstić information content (AvgIpc) is 2.56. The molecule has 1 fully saturated rings. The zero-order valence-electron chi connectivity index (χ0n) is 14.4. The minimum absolute atomic E-state index is 0.0601. The molecule has 1 heterocycles. The third-order valence-electron chi connectivity index (χ3n) is 4.11. The molecular weight excluding hydrogens is 307 g/mol. The Labute approximate surface area is 143 Å². The molecular formula is C18H25FN4O. The molecule has 1 aromatic rings. The van der Waals surface area contributed by atoms with Crippen LogP contribution in [0.2, 0.25) is 0 Å². The van der Waals surface area contributed by atoms with Crippen LogP contribution in [0.4, 0.5) is 4.39 Å². The number of carbonyl (C=O) groups excluding carboxylic acids is 1. The molecule has 130 valence electrons. The molecule has 0 radical (unpaired) electrons. The molecule has 5 nitrogen and oxygen atoms in total. The van der Waals surface area contributed by atoms with E-state index in [9.17, 15) is 9.18 Å². The lowest BCUT2D eigenvalue weighted by Crippen LogP contribution is -2.49. The third-order valence-corrected chi connectivity index (χ3v) is 4.11.